The number of hydrogen-bond donors (Lipinski definition) is 2. The maximum atomic E-state index is 14.4. The summed E-state index contributed by atoms with van der Waals surface area (Å²) in [5.41, 5.74) is 1.55. The highest BCUT2D eigenvalue weighted by Gasteiger charge is 2.44. The first-order valence-corrected chi connectivity index (χ1v) is 15.5. The number of carbonyl (C=O) groups is 3. The fraction of sp³-hybridized carbons (Fsp3) is 0.548. The second-order valence-corrected chi connectivity index (χ2v) is 12.3. The van der Waals surface area contributed by atoms with Crippen molar-refractivity contribution < 1.29 is 14.4 Å². The maximum absolute atomic E-state index is 14.4. The number of ketones is 1. The Morgan fingerprint density at radius 2 is 1.80 bits per heavy atom. The van der Waals surface area contributed by atoms with Crippen molar-refractivity contribution >= 4 is 34.5 Å². The molecule has 1 saturated carbocycles. The van der Waals surface area contributed by atoms with Crippen molar-refractivity contribution in [1.82, 2.24) is 25.4 Å². The van der Waals surface area contributed by atoms with E-state index >= 15 is 0 Å². The summed E-state index contributed by atoms with van der Waals surface area (Å²) in [4.78, 5) is 49.9. The molecule has 40 heavy (non-hydrogen) atoms. The van der Waals surface area contributed by atoms with Gasteiger partial charge in [0.2, 0.25) is 17.6 Å². The fourth-order valence-electron chi connectivity index (χ4n) is 6.38. The molecule has 2 amide bonds. The number of carbonyl (C=O) groups excluding carboxylic acids is 3. The highest BCUT2D eigenvalue weighted by molar-refractivity contribution is 7.10. The molecule has 1 aromatic carbocycles. The molecule has 2 saturated heterocycles. The number of amides is 2. The van der Waals surface area contributed by atoms with E-state index in [0.29, 0.717) is 30.4 Å². The van der Waals surface area contributed by atoms with E-state index < -0.39 is 6.04 Å². The summed E-state index contributed by atoms with van der Waals surface area (Å²) in [5, 5.41) is 8.69. The Morgan fingerprint density at radius 3 is 2.52 bits per heavy atom. The first-order valence-electron chi connectivity index (χ1n) is 14.6. The van der Waals surface area contributed by atoms with Gasteiger partial charge in [0.1, 0.15) is 16.7 Å². The Morgan fingerprint density at radius 1 is 1.05 bits per heavy atom. The van der Waals surface area contributed by atoms with Gasteiger partial charge < -0.3 is 15.5 Å². The lowest BCUT2D eigenvalue weighted by molar-refractivity contribution is -0.144. The van der Waals surface area contributed by atoms with E-state index in [0.717, 1.165) is 55.6 Å². The van der Waals surface area contributed by atoms with Crippen LogP contribution in [0.5, 0.6) is 0 Å². The molecule has 1 aromatic heterocycles. The van der Waals surface area contributed by atoms with E-state index in [1.807, 2.05) is 42.2 Å². The molecule has 3 fully saturated rings. The molecular weight excluding hydrogens is 522 g/mol. The first-order chi connectivity index (χ1) is 19.4. The standard InChI is InChI=1S/C31H41N5O3S/c1-20(22-11-6-4-7-12-22)28(37)25-19-40-30(33-25)26-18-35-16-10-15-24(35)17-36(26)31(39)27(23-13-8-5-9-14-23)34-29(38)21(2)32-3/h4,6-7,11-12,19,21,23-24,26-27,32H,1,5,8-10,13-18H2,2-3H3,(H,34,38)/t21-,24+,26-,27-/m0/s1. The first kappa shape index (κ1) is 28.6. The van der Waals surface area contributed by atoms with Crippen LogP contribution in [0.2, 0.25) is 0 Å². The maximum Gasteiger partial charge on any atom is 0.246 e. The minimum atomic E-state index is -0.557. The molecule has 3 aliphatic rings. The SMILES string of the molecule is C=C(C(=O)c1csc([C@@H]2CN3CCC[C@@H]3CN2C(=O)[C@@H](NC(=O)[C@H](C)NC)C2CCCCC2)n1)c1ccccc1. The molecule has 2 N–H and O–H groups in total. The van der Waals surface area contributed by atoms with Gasteiger partial charge in [-0.2, -0.15) is 0 Å². The van der Waals surface area contributed by atoms with Crippen molar-refractivity contribution in [3.8, 4) is 0 Å². The van der Waals surface area contributed by atoms with Crippen molar-refractivity contribution in [2.75, 3.05) is 26.7 Å². The number of rotatable bonds is 9. The van der Waals surface area contributed by atoms with Crippen molar-refractivity contribution in [3.05, 3.63) is 58.6 Å². The highest BCUT2D eigenvalue weighted by atomic mass is 32.1. The fourth-order valence-corrected chi connectivity index (χ4v) is 7.28. The number of fused-ring (bicyclic) bond motifs is 1. The van der Waals surface area contributed by atoms with Crippen LogP contribution in [0.1, 0.15) is 79.0 Å². The highest BCUT2D eigenvalue weighted by Crippen LogP contribution is 2.36. The van der Waals surface area contributed by atoms with Gasteiger partial charge in [-0.3, -0.25) is 19.3 Å². The number of likely N-dealkylation sites (N-methyl/N-ethyl adjacent to an activating group) is 1. The number of aromatic nitrogens is 1. The van der Waals surface area contributed by atoms with Crippen molar-refractivity contribution in [1.29, 1.82) is 0 Å². The van der Waals surface area contributed by atoms with Gasteiger partial charge in [-0.05, 0) is 57.7 Å². The van der Waals surface area contributed by atoms with Gasteiger partial charge in [-0.15, -0.1) is 11.3 Å². The van der Waals surface area contributed by atoms with Crippen molar-refractivity contribution in [3.63, 3.8) is 0 Å². The lowest BCUT2D eigenvalue weighted by atomic mass is 9.82. The molecule has 4 atom stereocenters. The number of Topliss-reactive ketones (excluding diaryl/α,β-unsaturated/α-hetero) is 1. The summed E-state index contributed by atoms with van der Waals surface area (Å²) in [6.45, 7) is 8.16. The third kappa shape index (κ3) is 6.06. The molecule has 5 rings (SSSR count). The third-order valence-corrected chi connectivity index (χ3v) is 9.87. The van der Waals surface area contributed by atoms with Crippen LogP contribution in [0, 0.1) is 5.92 Å². The quantitative estimate of drug-likeness (QED) is 0.353. The predicted octanol–water partition coefficient (Wildman–Crippen LogP) is 4.06. The van der Waals surface area contributed by atoms with Crippen molar-refractivity contribution in [2.24, 2.45) is 5.92 Å². The van der Waals surface area contributed by atoms with E-state index in [1.54, 1.807) is 12.4 Å². The average molecular weight is 564 g/mol. The lowest BCUT2D eigenvalue weighted by Crippen LogP contribution is -2.60. The van der Waals surface area contributed by atoms with Crippen LogP contribution in [0.25, 0.3) is 5.57 Å². The molecular formula is C31H41N5O3S. The predicted molar refractivity (Wildman–Crippen MR) is 158 cm³/mol. The zero-order chi connectivity index (χ0) is 28.2. The van der Waals surface area contributed by atoms with Gasteiger partial charge in [-0.1, -0.05) is 56.2 Å². The topological polar surface area (TPSA) is 94.6 Å². The minimum absolute atomic E-state index is 0.0168. The van der Waals surface area contributed by atoms with Crippen LogP contribution < -0.4 is 10.6 Å². The molecule has 2 aromatic rings. The lowest BCUT2D eigenvalue weighted by Gasteiger charge is -2.45. The monoisotopic (exact) mass is 563 g/mol. The number of piperazine rings is 1. The number of allylic oxidation sites excluding steroid dienone is 1. The van der Waals surface area contributed by atoms with Crippen LogP contribution in [0.4, 0.5) is 0 Å². The number of thiazole rings is 1. The molecule has 0 radical (unpaired) electrons. The Balaban J connectivity index is 1.42. The van der Waals surface area contributed by atoms with E-state index in [1.165, 1.54) is 17.8 Å². The summed E-state index contributed by atoms with van der Waals surface area (Å²) in [5.74, 6) is -0.241. The smallest absolute Gasteiger partial charge is 0.246 e. The van der Waals surface area contributed by atoms with Gasteiger partial charge in [0.15, 0.2) is 0 Å². The minimum Gasteiger partial charge on any atom is -0.343 e. The molecule has 214 valence electrons. The van der Waals surface area contributed by atoms with Gasteiger partial charge in [0, 0.05) is 30.1 Å². The Bertz CT molecular complexity index is 1220. The molecule has 0 bridgehead atoms. The molecule has 8 nitrogen and oxygen atoms in total. The second kappa shape index (κ2) is 12.7. The van der Waals surface area contributed by atoms with Gasteiger partial charge in [0.25, 0.3) is 0 Å². The Kier molecular flexibility index (Phi) is 9.13. The Labute approximate surface area is 241 Å². The molecule has 0 spiro atoms. The summed E-state index contributed by atoms with van der Waals surface area (Å²) in [7, 11) is 1.75. The Hall–Kier alpha value is -2.88. The van der Waals surface area contributed by atoms with E-state index in [-0.39, 0.29) is 35.6 Å². The van der Waals surface area contributed by atoms with Crippen LogP contribution in [-0.2, 0) is 9.59 Å². The summed E-state index contributed by atoms with van der Waals surface area (Å²) < 4.78 is 0. The van der Waals surface area contributed by atoms with Gasteiger partial charge >= 0.3 is 0 Å². The van der Waals surface area contributed by atoms with Gasteiger partial charge in [-0.25, -0.2) is 4.98 Å². The second-order valence-electron chi connectivity index (χ2n) is 11.4. The van der Waals surface area contributed by atoms with Crippen LogP contribution in [-0.4, -0.2) is 77.2 Å². The number of nitrogens with one attached hydrogen (secondary N) is 2. The van der Waals surface area contributed by atoms with Crippen molar-refractivity contribution in [2.45, 2.75) is 76.0 Å². The average Bonchev–Trinajstić information content (AvgIpc) is 3.68. The molecule has 2 aliphatic heterocycles. The number of hydrogen-bond acceptors (Lipinski definition) is 7. The number of nitrogens with zero attached hydrogens (tertiary/aromatic N) is 3. The van der Waals surface area contributed by atoms with E-state index in [2.05, 4.69) is 22.1 Å². The normalized spacial score (nSPS) is 23.3. The van der Waals surface area contributed by atoms with E-state index in [9.17, 15) is 14.4 Å². The van der Waals surface area contributed by atoms with Crippen LogP contribution in [0.15, 0.2) is 42.3 Å². The molecule has 3 heterocycles. The van der Waals surface area contributed by atoms with E-state index in [4.69, 9.17) is 4.98 Å². The zero-order valence-corrected chi connectivity index (χ0v) is 24.4. The molecule has 9 heteroatoms. The van der Waals surface area contributed by atoms with Gasteiger partial charge in [0.05, 0.1) is 12.1 Å². The summed E-state index contributed by atoms with van der Waals surface area (Å²) in [6, 6.07) is 8.54. The van der Waals surface area contributed by atoms with Crippen LogP contribution in [0.3, 0.4) is 0 Å². The molecule has 1 aliphatic carbocycles. The zero-order valence-electron chi connectivity index (χ0n) is 23.6. The number of benzene rings is 1. The molecule has 0 unspecified atom stereocenters. The van der Waals surface area contributed by atoms with Crippen LogP contribution >= 0.6 is 11.3 Å². The summed E-state index contributed by atoms with van der Waals surface area (Å²) >= 11 is 1.43. The third-order valence-electron chi connectivity index (χ3n) is 8.92. The largest absolute Gasteiger partial charge is 0.343 e. The summed E-state index contributed by atoms with van der Waals surface area (Å²) in [6.07, 6.45) is 7.38.